The van der Waals surface area contributed by atoms with Crippen molar-refractivity contribution < 1.29 is 24.2 Å². The molecule has 0 aromatic rings. The van der Waals surface area contributed by atoms with E-state index in [-0.39, 0.29) is 29.2 Å². The Morgan fingerprint density at radius 1 is 1.38 bits per heavy atom. The van der Waals surface area contributed by atoms with Crippen LogP contribution in [0, 0.1) is 0 Å². The predicted octanol–water partition coefficient (Wildman–Crippen LogP) is 0.425. The SMILES string of the molecule is CC(=O)OCC1=C(C(=O)O)N2C(=O)C(=C(C)C)[C@H]2SC1N. The third-order valence-corrected chi connectivity index (χ3v) is 4.55. The van der Waals surface area contributed by atoms with Crippen LogP contribution in [0.15, 0.2) is 22.4 Å². The Bertz CT molecular complexity index is 591. The third kappa shape index (κ3) is 2.56. The average molecular weight is 312 g/mol. The topological polar surface area (TPSA) is 110 Å². The highest BCUT2D eigenvalue weighted by Gasteiger charge is 2.52. The van der Waals surface area contributed by atoms with Crippen molar-refractivity contribution in [3.8, 4) is 0 Å². The Morgan fingerprint density at radius 2 is 2.00 bits per heavy atom. The highest BCUT2D eigenvalue weighted by Crippen LogP contribution is 2.46. The van der Waals surface area contributed by atoms with E-state index in [1.165, 1.54) is 23.6 Å². The van der Waals surface area contributed by atoms with Gasteiger partial charge in [0, 0.05) is 18.1 Å². The second kappa shape index (κ2) is 5.53. The number of hydrogen-bond acceptors (Lipinski definition) is 6. The third-order valence-electron chi connectivity index (χ3n) is 3.27. The minimum Gasteiger partial charge on any atom is -0.477 e. The van der Waals surface area contributed by atoms with E-state index < -0.39 is 17.3 Å². The first kappa shape index (κ1) is 15.6. The van der Waals surface area contributed by atoms with E-state index in [0.717, 1.165) is 5.57 Å². The lowest BCUT2D eigenvalue weighted by Crippen LogP contribution is -2.59. The van der Waals surface area contributed by atoms with E-state index >= 15 is 0 Å². The number of carboxylic acid groups (broad SMARTS) is 1. The minimum atomic E-state index is -1.25. The van der Waals surface area contributed by atoms with Gasteiger partial charge in [-0.15, -0.1) is 11.8 Å². The summed E-state index contributed by atoms with van der Waals surface area (Å²) in [4.78, 5) is 35.8. The monoisotopic (exact) mass is 312 g/mol. The molecule has 2 aliphatic heterocycles. The maximum Gasteiger partial charge on any atom is 0.352 e. The molecule has 1 unspecified atom stereocenters. The van der Waals surface area contributed by atoms with Gasteiger partial charge in [0.1, 0.15) is 17.7 Å². The van der Waals surface area contributed by atoms with Crippen molar-refractivity contribution in [1.82, 2.24) is 4.90 Å². The summed E-state index contributed by atoms with van der Waals surface area (Å²) in [6, 6.07) is 0. The minimum absolute atomic E-state index is 0.178. The molecule has 1 amide bonds. The number of thioether (sulfide) groups is 1. The summed E-state index contributed by atoms with van der Waals surface area (Å²) >= 11 is 1.27. The Morgan fingerprint density at radius 3 is 2.48 bits per heavy atom. The van der Waals surface area contributed by atoms with Crippen molar-refractivity contribution in [2.45, 2.75) is 31.5 Å². The summed E-state index contributed by atoms with van der Waals surface area (Å²) in [6.07, 6.45) is 0. The van der Waals surface area contributed by atoms with Crippen LogP contribution < -0.4 is 5.73 Å². The van der Waals surface area contributed by atoms with Crippen LogP contribution in [0.3, 0.4) is 0 Å². The number of aliphatic carboxylic acids is 1. The summed E-state index contributed by atoms with van der Waals surface area (Å²) in [7, 11) is 0. The quantitative estimate of drug-likeness (QED) is 0.441. The van der Waals surface area contributed by atoms with Gasteiger partial charge in [0.25, 0.3) is 5.91 Å². The fraction of sp³-hybridized carbons (Fsp3) is 0.462. The Labute approximate surface area is 125 Å². The molecule has 114 valence electrons. The van der Waals surface area contributed by atoms with Gasteiger partial charge in [-0.3, -0.25) is 14.5 Å². The van der Waals surface area contributed by atoms with Crippen molar-refractivity contribution in [1.29, 1.82) is 0 Å². The number of carbonyl (C=O) groups excluding carboxylic acids is 2. The molecule has 2 heterocycles. The maximum absolute atomic E-state index is 12.2. The van der Waals surface area contributed by atoms with E-state index in [1.54, 1.807) is 13.8 Å². The van der Waals surface area contributed by atoms with Crippen LogP contribution in [0.4, 0.5) is 0 Å². The van der Waals surface area contributed by atoms with Crippen molar-refractivity contribution >= 4 is 29.6 Å². The number of carboxylic acids is 1. The molecule has 2 rings (SSSR count). The van der Waals surface area contributed by atoms with E-state index in [0.29, 0.717) is 5.57 Å². The fourth-order valence-electron chi connectivity index (χ4n) is 2.29. The molecule has 0 aromatic carbocycles. The van der Waals surface area contributed by atoms with Crippen LogP contribution >= 0.6 is 11.8 Å². The Kier molecular flexibility index (Phi) is 4.11. The number of rotatable bonds is 3. The molecular formula is C13H16N2O5S. The first-order chi connectivity index (χ1) is 9.75. The lowest BCUT2D eigenvalue weighted by molar-refractivity contribution is -0.143. The van der Waals surface area contributed by atoms with Crippen molar-refractivity contribution in [3.05, 3.63) is 22.4 Å². The van der Waals surface area contributed by atoms with E-state index in [9.17, 15) is 19.5 Å². The number of fused-ring (bicyclic) bond motifs is 1. The lowest BCUT2D eigenvalue weighted by atomic mass is 9.98. The molecule has 0 radical (unpaired) electrons. The number of carbonyl (C=O) groups is 3. The molecule has 0 aromatic heterocycles. The van der Waals surface area contributed by atoms with Gasteiger partial charge in [-0.05, 0) is 13.8 Å². The molecule has 0 aliphatic carbocycles. The Balaban J connectivity index is 2.42. The van der Waals surface area contributed by atoms with E-state index in [2.05, 4.69) is 0 Å². The number of β-lactam (4-membered cyclic amide) rings is 1. The first-order valence-electron chi connectivity index (χ1n) is 6.27. The van der Waals surface area contributed by atoms with Gasteiger partial charge in [0.15, 0.2) is 0 Å². The van der Waals surface area contributed by atoms with Crippen LogP contribution in [-0.2, 0) is 19.1 Å². The zero-order chi connectivity index (χ0) is 15.9. The highest BCUT2D eigenvalue weighted by molar-refractivity contribution is 8.01. The molecule has 0 saturated carbocycles. The number of esters is 1. The number of amides is 1. The number of allylic oxidation sites excluding steroid dienone is 1. The molecule has 21 heavy (non-hydrogen) atoms. The average Bonchev–Trinajstić information content (AvgIpc) is 2.35. The number of ether oxygens (including phenoxy) is 1. The molecule has 2 aliphatic rings. The summed E-state index contributed by atoms with van der Waals surface area (Å²) < 4.78 is 4.85. The maximum atomic E-state index is 12.2. The molecule has 3 N–H and O–H groups in total. The van der Waals surface area contributed by atoms with Crippen LogP contribution in [0.2, 0.25) is 0 Å². The fourth-order valence-corrected chi connectivity index (χ4v) is 3.71. The molecular weight excluding hydrogens is 296 g/mol. The largest absolute Gasteiger partial charge is 0.477 e. The predicted molar refractivity (Wildman–Crippen MR) is 75.9 cm³/mol. The molecule has 2 atom stereocenters. The van der Waals surface area contributed by atoms with Gasteiger partial charge < -0.3 is 15.6 Å². The van der Waals surface area contributed by atoms with Crippen LogP contribution in [0.5, 0.6) is 0 Å². The summed E-state index contributed by atoms with van der Waals surface area (Å²) in [5.74, 6) is -2.12. The van der Waals surface area contributed by atoms with Gasteiger partial charge in [-0.1, -0.05) is 5.57 Å². The van der Waals surface area contributed by atoms with Crippen LogP contribution in [0.1, 0.15) is 20.8 Å². The van der Waals surface area contributed by atoms with Gasteiger partial charge >= 0.3 is 11.9 Å². The van der Waals surface area contributed by atoms with Crippen LogP contribution in [-0.4, -0.2) is 45.2 Å². The first-order valence-corrected chi connectivity index (χ1v) is 7.21. The molecule has 8 heteroatoms. The standard InChI is InChI=1S/C13H16N2O5S/c1-5(2)8-11(17)15-9(13(18)19)7(4-20-6(3)16)10(14)21-12(8)15/h10,12H,4,14H2,1-3H3,(H,18,19)/t10?,12-/m1/s1. The van der Waals surface area contributed by atoms with Gasteiger partial charge in [-0.2, -0.15) is 0 Å². The number of hydrogen-bond donors (Lipinski definition) is 2. The van der Waals surface area contributed by atoms with Gasteiger partial charge in [0.05, 0.1) is 5.37 Å². The molecule has 0 spiro atoms. The van der Waals surface area contributed by atoms with Crippen molar-refractivity contribution in [3.63, 3.8) is 0 Å². The van der Waals surface area contributed by atoms with Gasteiger partial charge in [-0.25, -0.2) is 4.79 Å². The summed E-state index contributed by atoms with van der Waals surface area (Å²) in [5, 5.41) is 8.36. The molecule has 1 saturated heterocycles. The second-order valence-electron chi connectivity index (χ2n) is 4.96. The smallest absolute Gasteiger partial charge is 0.352 e. The van der Waals surface area contributed by atoms with Crippen molar-refractivity contribution in [2.75, 3.05) is 6.61 Å². The second-order valence-corrected chi connectivity index (χ2v) is 6.18. The molecule has 0 bridgehead atoms. The molecule has 7 nitrogen and oxygen atoms in total. The lowest BCUT2D eigenvalue weighted by Gasteiger charge is -2.48. The Hall–Kier alpha value is -1.80. The van der Waals surface area contributed by atoms with E-state index in [1.807, 2.05) is 0 Å². The summed E-state index contributed by atoms with van der Waals surface area (Å²) in [5.41, 5.74) is 7.46. The summed E-state index contributed by atoms with van der Waals surface area (Å²) in [6.45, 7) is 4.59. The van der Waals surface area contributed by atoms with Crippen molar-refractivity contribution in [2.24, 2.45) is 5.73 Å². The van der Waals surface area contributed by atoms with Crippen LogP contribution in [0.25, 0.3) is 0 Å². The number of nitrogens with zero attached hydrogens (tertiary/aromatic N) is 1. The van der Waals surface area contributed by atoms with E-state index in [4.69, 9.17) is 10.5 Å². The van der Waals surface area contributed by atoms with Gasteiger partial charge in [0.2, 0.25) is 0 Å². The zero-order valence-corrected chi connectivity index (χ0v) is 12.7. The zero-order valence-electron chi connectivity index (χ0n) is 11.9. The normalized spacial score (nSPS) is 24.5. The number of nitrogens with two attached hydrogens (primary N) is 1. The molecule has 1 fully saturated rings. The highest BCUT2D eigenvalue weighted by atomic mass is 32.2.